The van der Waals surface area contributed by atoms with Crippen LogP contribution in [0.25, 0.3) is 0 Å². The molecule has 6 N–H and O–H groups in total. The van der Waals surface area contributed by atoms with Gasteiger partial charge in [0.05, 0.1) is 31.3 Å². The summed E-state index contributed by atoms with van der Waals surface area (Å²) in [6, 6.07) is 2.89. The number of carbonyl (C=O) groups excluding carboxylic acids is 2. The molecule has 1 aromatic carbocycles. The quantitative estimate of drug-likeness (QED) is 0.0560. The van der Waals surface area contributed by atoms with Crippen molar-refractivity contribution in [3.8, 4) is 5.75 Å². The van der Waals surface area contributed by atoms with E-state index in [-0.39, 0.29) is 41.1 Å². The number of halogens is 1. The van der Waals surface area contributed by atoms with Crippen molar-refractivity contribution in [1.82, 2.24) is 16.1 Å². The van der Waals surface area contributed by atoms with Gasteiger partial charge in [0.15, 0.2) is 11.6 Å². The lowest BCUT2D eigenvalue weighted by Gasteiger charge is -2.64. The summed E-state index contributed by atoms with van der Waals surface area (Å²) in [5, 5.41) is 8.36. The van der Waals surface area contributed by atoms with Crippen LogP contribution in [-0.2, 0) is 14.1 Å². The highest BCUT2D eigenvalue weighted by atomic mass is 19.1. The molecule has 1 aliphatic heterocycles. The first kappa shape index (κ1) is 32.7. The topological polar surface area (TPSA) is 167 Å². The van der Waals surface area contributed by atoms with Crippen molar-refractivity contribution in [3.63, 3.8) is 0 Å². The van der Waals surface area contributed by atoms with Crippen LogP contribution in [0.15, 0.2) is 23.5 Å². The summed E-state index contributed by atoms with van der Waals surface area (Å²) in [7, 11) is 0.712. The minimum atomic E-state index is -0.960. The molecule has 1 saturated heterocycles. The molecule has 1 heterocycles. The number of rotatable bonds is 13. The lowest BCUT2D eigenvalue weighted by molar-refractivity contribution is -0.461. The number of nitroso groups, excluding NO2 is 1. The van der Waals surface area contributed by atoms with Gasteiger partial charge >= 0.3 is 13.1 Å². The molecule has 5 rings (SSSR count). The highest BCUT2D eigenvalue weighted by Crippen LogP contribution is 2.65. The second-order valence-electron chi connectivity index (χ2n) is 13.1. The monoisotopic (exact) mass is 603 g/mol. The number of nitrogens with one attached hydrogen (secondary N) is 4. The number of guanidine groups is 1. The second kappa shape index (κ2) is 13.2. The predicted molar refractivity (Wildman–Crippen MR) is 159 cm³/mol. The van der Waals surface area contributed by atoms with Crippen molar-refractivity contribution >= 4 is 24.9 Å². The Morgan fingerprint density at radius 2 is 2.00 bits per heavy atom. The van der Waals surface area contributed by atoms with Gasteiger partial charge in [0, 0.05) is 5.56 Å². The van der Waals surface area contributed by atoms with E-state index in [9.17, 15) is 18.9 Å². The van der Waals surface area contributed by atoms with Crippen LogP contribution < -0.4 is 31.5 Å². The fraction of sp³-hybridized carbons (Fsp3) is 0.690. The van der Waals surface area contributed by atoms with Gasteiger partial charge in [0.1, 0.15) is 11.3 Å². The molecule has 14 heteroatoms. The van der Waals surface area contributed by atoms with Crippen molar-refractivity contribution in [3.05, 3.63) is 34.5 Å². The zero-order chi connectivity index (χ0) is 31.5. The minimum Gasteiger partial charge on any atom is -0.494 e. The van der Waals surface area contributed by atoms with E-state index < -0.39 is 42.3 Å². The Morgan fingerprint density at radius 3 is 2.63 bits per heavy atom. The normalized spacial score (nSPS) is 27.0. The second-order valence-corrected chi connectivity index (χ2v) is 13.1. The Bertz CT molecular complexity index is 1230. The molecular weight excluding hydrogens is 558 g/mol. The number of hydrogen-bond donors (Lipinski definition) is 5. The predicted octanol–water partition coefficient (Wildman–Crippen LogP) is 1.18. The summed E-state index contributed by atoms with van der Waals surface area (Å²) in [6.45, 7) is 11.2. The van der Waals surface area contributed by atoms with Crippen molar-refractivity contribution in [2.45, 2.75) is 90.4 Å². The van der Waals surface area contributed by atoms with E-state index in [2.05, 4.69) is 61.0 Å². The van der Waals surface area contributed by atoms with Gasteiger partial charge in [-0.05, 0) is 80.4 Å². The molecule has 4 fully saturated rings. The molecule has 0 radical (unpaired) electrons. The van der Waals surface area contributed by atoms with Gasteiger partial charge < -0.3 is 24.7 Å². The van der Waals surface area contributed by atoms with Crippen LogP contribution in [0.4, 0.5) is 4.39 Å². The maximum Gasteiger partial charge on any atom is 0.481 e. The average molecular weight is 604 g/mol. The average Bonchev–Trinajstić information content (AvgIpc) is 3.31. The summed E-state index contributed by atoms with van der Waals surface area (Å²) >= 11 is 0. The number of methoxy groups -OCH3 is 1. The smallest absolute Gasteiger partial charge is 0.481 e. The van der Waals surface area contributed by atoms with Crippen molar-refractivity contribution < 1.29 is 33.0 Å². The Morgan fingerprint density at radius 1 is 1.26 bits per heavy atom. The number of nitrogens with two attached hydrogens (primary N) is 1. The Balaban J connectivity index is 1.49. The number of carbonyl (C=O) groups is 2. The standard InChI is InChI=1S/C29H44BFN6O6/c1-16(2)12-24(30-42-23-15-18-14-22(28(18,3)4)29(23,5)43-30)35-26(39)20(8-7-11-33-27(32)36-37-40)34-25(38)17-9-10-21(41-6)19(31)13-17/h9-10,13,16,18,20,22-24H,7-8,11-12,14-15H2,1-6H3,(H,34,38)(H,35,39)(H3,32,33,36,40)/p+1/t18-,20-,22-,23+,24-,29-/m0/s1. The summed E-state index contributed by atoms with van der Waals surface area (Å²) in [4.78, 5) is 40.0. The van der Waals surface area contributed by atoms with Crippen molar-refractivity contribution in [2.75, 3.05) is 13.7 Å². The first-order valence-electron chi connectivity index (χ1n) is 15.0. The number of nitrogens with zero attached hydrogens (tertiary/aromatic N) is 1. The van der Waals surface area contributed by atoms with E-state index >= 15 is 0 Å². The minimum absolute atomic E-state index is 0.00689. The zero-order valence-corrected chi connectivity index (χ0v) is 25.9. The molecule has 3 aliphatic carbocycles. The van der Waals surface area contributed by atoms with Gasteiger partial charge in [-0.15, -0.1) is 10.3 Å². The van der Waals surface area contributed by atoms with Crippen LogP contribution in [0.5, 0.6) is 5.75 Å². The SMILES string of the molecule is COc1ccc(C(=O)N[C@@H](CCC[NH+]=C(N)NN=O)C(=O)N[C@@H](CC(C)C)B2O[C@@H]3C[C@@H]4C[C@@H](C4(C)C)[C@]3(C)O2)cc1F. The summed E-state index contributed by atoms with van der Waals surface area (Å²) in [6.07, 6.45) is 3.25. The third kappa shape index (κ3) is 6.95. The van der Waals surface area contributed by atoms with Gasteiger partial charge in [-0.25, -0.2) is 4.39 Å². The Kier molecular flexibility index (Phi) is 10.00. The van der Waals surface area contributed by atoms with Crippen LogP contribution in [0, 0.1) is 33.9 Å². The van der Waals surface area contributed by atoms with Gasteiger partial charge in [-0.1, -0.05) is 27.7 Å². The van der Waals surface area contributed by atoms with E-state index in [1.807, 2.05) is 0 Å². The number of amides is 2. The molecular formula is C29H45BFN6O6+. The Hall–Kier alpha value is -3.26. The van der Waals surface area contributed by atoms with Gasteiger partial charge in [-0.2, -0.15) is 0 Å². The molecule has 2 amide bonds. The zero-order valence-electron chi connectivity index (χ0n) is 25.9. The Labute approximate surface area is 252 Å². The molecule has 0 spiro atoms. The molecule has 2 bridgehead atoms. The highest BCUT2D eigenvalue weighted by molar-refractivity contribution is 6.48. The first-order chi connectivity index (χ1) is 20.3. The molecule has 12 nitrogen and oxygen atoms in total. The van der Waals surface area contributed by atoms with E-state index in [0.717, 1.165) is 18.9 Å². The summed E-state index contributed by atoms with van der Waals surface area (Å²) < 4.78 is 32.4. The highest BCUT2D eigenvalue weighted by Gasteiger charge is 2.68. The molecule has 6 atom stereocenters. The van der Waals surface area contributed by atoms with Gasteiger partial charge in [0.25, 0.3) is 5.91 Å². The largest absolute Gasteiger partial charge is 0.494 e. The third-order valence-electron chi connectivity index (χ3n) is 9.54. The van der Waals surface area contributed by atoms with Crippen molar-refractivity contribution in [2.24, 2.45) is 34.2 Å². The van der Waals surface area contributed by atoms with Crippen LogP contribution in [0.3, 0.4) is 0 Å². The molecule has 3 saturated carbocycles. The van der Waals surface area contributed by atoms with E-state index in [1.54, 1.807) is 0 Å². The van der Waals surface area contributed by atoms with Crippen LogP contribution in [0.1, 0.15) is 77.1 Å². The third-order valence-corrected chi connectivity index (χ3v) is 9.54. The fourth-order valence-corrected chi connectivity index (χ4v) is 7.04. The van der Waals surface area contributed by atoms with E-state index in [0.29, 0.717) is 31.2 Å². The maximum atomic E-state index is 14.3. The summed E-state index contributed by atoms with van der Waals surface area (Å²) in [5.41, 5.74) is 7.47. The fourth-order valence-electron chi connectivity index (χ4n) is 7.04. The molecule has 1 aromatic rings. The van der Waals surface area contributed by atoms with Gasteiger partial charge in [0.2, 0.25) is 5.91 Å². The lowest BCUT2D eigenvalue weighted by atomic mass is 9.43. The number of benzene rings is 1. The molecule has 0 aromatic heterocycles. The first-order valence-corrected chi connectivity index (χ1v) is 15.0. The molecule has 0 unspecified atom stereocenters. The van der Waals surface area contributed by atoms with Gasteiger partial charge in [-0.3, -0.25) is 20.3 Å². The maximum absolute atomic E-state index is 14.3. The number of ether oxygens (including phenoxy) is 1. The van der Waals surface area contributed by atoms with E-state index in [1.165, 1.54) is 19.2 Å². The lowest BCUT2D eigenvalue weighted by Crippen LogP contribution is -2.78. The molecule has 43 heavy (non-hydrogen) atoms. The number of hydrogen-bond acceptors (Lipinski definition) is 7. The van der Waals surface area contributed by atoms with Crippen LogP contribution in [0.2, 0.25) is 0 Å². The molecule has 4 aliphatic rings. The van der Waals surface area contributed by atoms with E-state index in [4.69, 9.17) is 19.8 Å². The van der Waals surface area contributed by atoms with Crippen LogP contribution in [-0.4, -0.2) is 62.2 Å². The van der Waals surface area contributed by atoms with Crippen LogP contribution >= 0.6 is 0 Å². The van der Waals surface area contributed by atoms with Crippen molar-refractivity contribution in [1.29, 1.82) is 0 Å². The summed E-state index contributed by atoms with van der Waals surface area (Å²) in [5.74, 6) is -0.974. The molecule has 236 valence electrons.